The molecule has 2 rings (SSSR count). The number of hydrogen-bond acceptors (Lipinski definition) is 2. The quantitative estimate of drug-likeness (QED) is 0.884. The minimum absolute atomic E-state index is 0.128. The van der Waals surface area contributed by atoms with Crippen molar-refractivity contribution < 1.29 is 9.59 Å². The van der Waals surface area contributed by atoms with E-state index in [1.807, 2.05) is 0 Å². The highest BCUT2D eigenvalue weighted by atomic mass is 35.5. The molecule has 0 bridgehead atoms. The van der Waals surface area contributed by atoms with Crippen molar-refractivity contribution in [1.82, 2.24) is 0 Å². The van der Waals surface area contributed by atoms with Crippen LogP contribution in [0, 0.1) is 0 Å². The van der Waals surface area contributed by atoms with Crippen molar-refractivity contribution in [1.29, 1.82) is 0 Å². The van der Waals surface area contributed by atoms with Gasteiger partial charge in [0, 0.05) is 11.3 Å². The molecular weight excluding hydrogens is 335 g/mol. The second kappa shape index (κ2) is 6.35. The van der Waals surface area contributed by atoms with Crippen molar-refractivity contribution in [3.8, 4) is 0 Å². The molecule has 0 spiro atoms. The van der Waals surface area contributed by atoms with E-state index >= 15 is 0 Å². The Labute approximate surface area is 135 Å². The Bertz CT molecular complexity index is 732. The van der Waals surface area contributed by atoms with Gasteiger partial charge in [-0.2, -0.15) is 0 Å². The normalized spacial score (nSPS) is 10.2. The Kier molecular flexibility index (Phi) is 4.73. The largest absolute Gasteiger partial charge is 0.366 e. The predicted octanol–water partition coefficient (Wildman–Crippen LogP) is 4.00. The minimum Gasteiger partial charge on any atom is -0.366 e. The third kappa shape index (κ3) is 3.67. The average Bonchev–Trinajstić information content (AvgIpc) is 2.43. The number of nitrogens with two attached hydrogens (primary N) is 1. The third-order valence-electron chi connectivity index (χ3n) is 2.67. The van der Waals surface area contributed by atoms with Crippen LogP contribution >= 0.6 is 34.8 Å². The first-order chi connectivity index (χ1) is 9.88. The van der Waals surface area contributed by atoms with Gasteiger partial charge in [0.05, 0.1) is 20.6 Å². The molecule has 0 aliphatic heterocycles. The van der Waals surface area contributed by atoms with E-state index in [0.717, 1.165) is 0 Å². The van der Waals surface area contributed by atoms with Crippen LogP contribution in [0.4, 0.5) is 5.69 Å². The van der Waals surface area contributed by atoms with Crippen LogP contribution < -0.4 is 11.1 Å². The maximum atomic E-state index is 12.1. The predicted molar refractivity (Wildman–Crippen MR) is 84.4 cm³/mol. The monoisotopic (exact) mass is 342 g/mol. The van der Waals surface area contributed by atoms with Gasteiger partial charge in [-0.25, -0.2) is 0 Å². The van der Waals surface area contributed by atoms with Crippen LogP contribution in [-0.2, 0) is 0 Å². The zero-order valence-corrected chi connectivity index (χ0v) is 12.8. The highest BCUT2D eigenvalue weighted by Gasteiger charge is 2.11. The highest BCUT2D eigenvalue weighted by Crippen LogP contribution is 2.24. The van der Waals surface area contributed by atoms with Crippen LogP contribution in [0.25, 0.3) is 0 Å². The number of benzene rings is 2. The lowest BCUT2D eigenvalue weighted by molar-refractivity contribution is 0.0996. The van der Waals surface area contributed by atoms with E-state index < -0.39 is 11.8 Å². The molecule has 3 N–H and O–H groups in total. The third-order valence-corrected chi connectivity index (χ3v) is 3.74. The molecule has 0 aliphatic carbocycles. The topological polar surface area (TPSA) is 72.2 Å². The minimum atomic E-state index is -0.675. The first-order valence-corrected chi connectivity index (χ1v) is 6.87. The number of carbonyl (C=O) groups is 2. The van der Waals surface area contributed by atoms with Gasteiger partial charge < -0.3 is 11.1 Å². The van der Waals surface area contributed by atoms with Gasteiger partial charge in [-0.15, -0.1) is 0 Å². The van der Waals surface area contributed by atoms with E-state index in [2.05, 4.69) is 5.32 Å². The summed E-state index contributed by atoms with van der Waals surface area (Å²) < 4.78 is 0. The van der Waals surface area contributed by atoms with Gasteiger partial charge in [0.25, 0.3) is 5.91 Å². The molecule has 0 heterocycles. The fourth-order valence-electron chi connectivity index (χ4n) is 1.63. The Morgan fingerprint density at radius 3 is 2.19 bits per heavy atom. The second-order valence-electron chi connectivity index (χ2n) is 4.14. The van der Waals surface area contributed by atoms with Crippen molar-refractivity contribution in [2.45, 2.75) is 0 Å². The molecule has 4 nitrogen and oxygen atoms in total. The molecule has 0 radical (unpaired) electrons. The Morgan fingerprint density at radius 2 is 1.57 bits per heavy atom. The lowest BCUT2D eigenvalue weighted by Crippen LogP contribution is -2.15. The Hall–Kier alpha value is -1.75. The molecule has 0 saturated carbocycles. The van der Waals surface area contributed by atoms with Crippen LogP contribution in [-0.4, -0.2) is 11.8 Å². The first kappa shape index (κ1) is 15.6. The van der Waals surface area contributed by atoms with Crippen molar-refractivity contribution >= 4 is 52.3 Å². The van der Waals surface area contributed by atoms with Crippen LogP contribution in [0.3, 0.4) is 0 Å². The Balaban J connectivity index is 2.25. The van der Waals surface area contributed by atoms with Crippen LogP contribution in [0.1, 0.15) is 20.7 Å². The second-order valence-corrected chi connectivity index (χ2v) is 5.36. The molecular formula is C14H9Cl3N2O2. The van der Waals surface area contributed by atoms with E-state index in [0.29, 0.717) is 16.3 Å². The van der Waals surface area contributed by atoms with E-state index in [9.17, 15) is 9.59 Å². The zero-order valence-electron chi connectivity index (χ0n) is 10.5. The molecule has 0 aromatic heterocycles. The maximum Gasteiger partial charge on any atom is 0.255 e. The number of carbonyl (C=O) groups excluding carboxylic acids is 2. The fraction of sp³-hybridized carbons (Fsp3) is 0. The fourth-order valence-corrected chi connectivity index (χ4v) is 2.14. The van der Waals surface area contributed by atoms with E-state index in [1.165, 1.54) is 30.3 Å². The Morgan fingerprint density at radius 1 is 0.905 bits per heavy atom. The number of amides is 2. The van der Waals surface area contributed by atoms with Gasteiger partial charge >= 0.3 is 0 Å². The lowest BCUT2D eigenvalue weighted by atomic mass is 10.1. The van der Waals surface area contributed by atoms with E-state index in [4.69, 9.17) is 40.5 Å². The summed E-state index contributed by atoms with van der Waals surface area (Å²) in [4.78, 5) is 23.3. The highest BCUT2D eigenvalue weighted by molar-refractivity contribution is 6.42. The van der Waals surface area contributed by atoms with Gasteiger partial charge in [0.2, 0.25) is 5.91 Å². The van der Waals surface area contributed by atoms with Gasteiger partial charge in [-0.3, -0.25) is 9.59 Å². The summed E-state index contributed by atoms with van der Waals surface area (Å²) in [5.41, 5.74) is 6.05. The molecule has 108 valence electrons. The molecule has 0 saturated heterocycles. The van der Waals surface area contributed by atoms with Gasteiger partial charge in [-0.05, 0) is 36.4 Å². The summed E-state index contributed by atoms with van der Waals surface area (Å²) in [5.74, 6) is -1.07. The standard InChI is InChI=1S/C14H9Cl3N2O2/c15-10-4-2-8(6-9(10)13(18)20)19-14(21)7-1-3-11(16)12(17)5-7/h1-6H,(H2,18,20)(H,19,21). The summed E-state index contributed by atoms with van der Waals surface area (Å²) in [5, 5.41) is 3.47. The summed E-state index contributed by atoms with van der Waals surface area (Å²) in [6.45, 7) is 0. The molecule has 21 heavy (non-hydrogen) atoms. The number of hydrogen-bond donors (Lipinski definition) is 2. The van der Waals surface area contributed by atoms with Gasteiger partial charge in [0.1, 0.15) is 0 Å². The molecule has 2 amide bonds. The molecule has 0 atom stereocenters. The average molecular weight is 344 g/mol. The van der Waals surface area contributed by atoms with E-state index in [1.54, 1.807) is 6.07 Å². The number of rotatable bonds is 3. The number of nitrogens with one attached hydrogen (secondary N) is 1. The van der Waals surface area contributed by atoms with Crippen LogP contribution in [0.5, 0.6) is 0 Å². The number of primary amides is 1. The van der Waals surface area contributed by atoms with Crippen molar-refractivity contribution in [2.75, 3.05) is 5.32 Å². The summed E-state index contributed by atoms with van der Waals surface area (Å²) in [6.07, 6.45) is 0. The summed E-state index contributed by atoms with van der Waals surface area (Å²) in [7, 11) is 0. The SMILES string of the molecule is NC(=O)c1cc(NC(=O)c2ccc(Cl)c(Cl)c2)ccc1Cl. The first-order valence-electron chi connectivity index (χ1n) is 5.74. The molecule has 2 aromatic carbocycles. The van der Waals surface area contributed by atoms with Gasteiger partial charge in [0.15, 0.2) is 0 Å². The van der Waals surface area contributed by atoms with Crippen molar-refractivity contribution in [3.63, 3.8) is 0 Å². The van der Waals surface area contributed by atoms with Crippen molar-refractivity contribution in [3.05, 3.63) is 62.6 Å². The van der Waals surface area contributed by atoms with Crippen LogP contribution in [0.2, 0.25) is 15.1 Å². The van der Waals surface area contributed by atoms with E-state index in [-0.39, 0.29) is 15.6 Å². The number of halogens is 3. The zero-order chi connectivity index (χ0) is 15.6. The van der Waals surface area contributed by atoms with Gasteiger partial charge in [-0.1, -0.05) is 34.8 Å². The summed E-state index contributed by atoms with van der Waals surface area (Å²) >= 11 is 17.5. The molecule has 7 heteroatoms. The summed E-state index contributed by atoms with van der Waals surface area (Å²) in [6, 6.07) is 8.95. The lowest BCUT2D eigenvalue weighted by Gasteiger charge is -2.08. The smallest absolute Gasteiger partial charge is 0.255 e. The van der Waals surface area contributed by atoms with Crippen LogP contribution in [0.15, 0.2) is 36.4 Å². The number of anilines is 1. The molecule has 0 aliphatic rings. The maximum absolute atomic E-state index is 12.1. The molecule has 2 aromatic rings. The molecule has 0 fully saturated rings. The van der Waals surface area contributed by atoms with Crippen molar-refractivity contribution in [2.24, 2.45) is 5.73 Å². The molecule has 0 unspecified atom stereocenters.